The van der Waals surface area contributed by atoms with E-state index < -0.39 is 5.82 Å². The van der Waals surface area contributed by atoms with Crippen LogP contribution < -0.4 is 9.64 Å². The number of hydrogen-bond donors (Lipinski definition) is 0. The fourth-order valence-electron chi connectivity index (χ4n) is 2.85. The van der Waals surface area contributed by atoms with Gasteiger partial charge in [0.25, 0.3) is 5.91 Å². The lowest BCUT2D eigenvalue weighted by Gasteiger charge is -2.20. The highest BCUT2D eigenvalue weighted by atomic mass is 32.1. The second-order valence-corrected chi connectivity index (χ2v) is 7.54. The van der Waals surface area contributed by atoms with Gasteiger partial charge >= 0.3 is 0 Å². The number of fused-ring (bicyclic) bond motifs is 1. The van der Waals surface area contributed by atoms with Crippen LogP contribution in [0.5, 0.6) is 5.75 Å². The molecular weight excluding hydrogens is 389 g/mol. The first-order valence-corrected chi connectivity index (χ1v) is 9.85. The molecule has 2 aromatic carbocycles. The van der Waals surface area contributed by atoms with Crippen molar-refractivity contribution in [2.24, 2.45) is 0 Å². The van der Waals surface area contributed by atoms with Crippen LogP contribution in [0, 0.1) is 12.7 Å². The van der Waals surface area contributed by atoms with Crippen molar-refractivity contribution >= 4 is 32.6 Å². The van der Waals surface area contributed by atoms with E-state index in [4.69, 9.17) is 4.74 Å². The van der Waals surface area contributed by atoms with Gasteiger partial charge in [-0.1, -0.05) is 35.6 Å². The number of aryl methyl sites for hydroxylation is 1. The Balaban J connectivity index is 1.61. The van der Waals surface area contributed by atoms with Gasteiger partial charge in [-0.25, -0.2) is 9.37 Å². The number of ether oxygens (including phenoxy) is 1. The molecule has 146 valence electrons. The van der Waals surface area contributed by atoms with Crippen LogP contribution in [0.15, 0.2) is 67.0 Å². The highest BCUT2D eigenvalue weighted by molar-refractivity contribution is 7.22. The number of anilines is 1. The first-order valence-electron chi connectivity index (χ1n) is 9.04. The fourth-order valence-corrected chi connectivity index (χ4v) is 3.93. The molecular formula is C22H18FN3O2S. The maximum atomic E-state index is 13.8. The van der Waals surface area contributed by atoms with Crippen LogP contribution in [0.25, 0.3) is 10.2 Å². The highest BCUT2D eigenvalue weighted by Crippen LogP contribution is 2.30. The number of amides is 1. The summed E-state index contributed by atoms with van der Waals surface area (Å²) in [6, 6.07) is 15.7. The summed E-state index contributed by atoms with van der Waals surface area (Å²) in [7, 11) is 0. The zero-order chi connectivity index (χ0) is 20.2. The molecule has 1 amide bonds. The quantitative estimate of drug-likeness (QED) is 0.463. The number of carbonyl (C=O) groups excluding carboxylic acids is 1. The minimum Gasteiger partial charge on any atom is -0.481 e. The van der Waals surface area contributed by atoms with Gasteiger partial charge in [-0.05, 0) is 48.4 Å². The number of hydrogen-bond acceptors (Lipinski definition) is 5. The first-order chi connectivity index (χ1) is 14.1. The summed E-state index contributed by atoms with van der Waals surface area (Å²) in [6.07, 6.45) is 3.38. The van der Waals surface area contributed by atoms with Crippen LogP contribution in [0.2, 0.25) is 0 Å². The third-order valence-corrected chi connectivity index (χ3v) is 5.36. The summed E-state index contributed by atoms with van der Waals surface area (Å²) >= 11 is 1.44. The van der Waals surface area contributed by atoms with Crippen molar-refractivity contribution in [3.63, 3.8) is 0 Å². The van der Waals surface area contributed by atoms with E-state index in [9.17, 15) is 9.18 Å². The summed E-state index contributed by atoms with van der Waals surface area (Å²) in [6.45, 7) is 2.02. The molecule has 29 heavy (non-hydrogen) atoms. The molecule has 4 rings (SSSR count). The van der Waals surface area contributed by atoms with Crippen LogP contribution in [0.3, 0.4) is 0 Å². The average Bonchev–Trinajstić information content (AvgIpc) is 3.14. The van der Waals surface area contributed by atoms with E-state index >= 15 is 0 Å². The van der Waals surface area contributed by atoms with Gasteiger partial charge < -0.3 is 4.74 Å². The Bertz CT molecular complexity index is 1150. The van der Waals surface area contributed by atoms with E-state index in [-0.39, 0.29) is 18.3 Å². The lowest BCUT2D eigenvalue weighted by Crippen LogP contribution is -2.34. The fraction of sp³-hybridized carbons (Fsp3) is 0.136. The number of carbonyl (C=O) groups is 1. The molecule has 0 saturated heterocycles. The van der Waals surface area contributed by atoms with Gasteiger partial charge in [-0.15, -0.1) is 0 Å². The molecule has 0 saturated carbocycles. The molecule has 0 radical (unpaired) electrons. The summed E-state index contributed by atoms with van der Waals surface area (Å²) in [5, 5.41) is 0.566. The summed E-state index contributed by atoms with van der Waals surface area (Å²) < 4.78 is 20.2. The monoisotopic (exact) mass is 407 g/mol. The van der Waals surface area contributed by atoms with Crippen molar-refractivity contribution in [1.82, 2.24) is 9.97 Å². The predicted molar refractivity (Wildman–Crippen MR) is 112 cm³/mol. The van der Waals surface area contributed by atoms with Gasteiger partial charge in [0.15, 0.2) is 23.3 Å². The molecule has 5 nitrogen and oxygen atoms in total. The maximum absolute atomic E-state index is 13.8. The molecule has 0 N–H and O–H groups in total. The van der Waals surface area contributed by atoms with Crippen LogP contribution in [-0.2, 0) is 11.3 Å². The van der Waals surface area contributed by atoms with Crippen LogP contribution in [0.4, 0.5) is 9.52 Å². The van der Waals surface area contributed by atoms with Gasteiger partial charge in [0.05, 0.1) is 16.8 Å². The van der Waals surface area contributed by atoms with Crippen molar-refractivity contribution in [3.8, 4) is 5.75 Å². The molecule has 0 aliphatic rings. The van der Waals surface area contributed by atoms with Crippen molar-refractivity contribution in [1.29, 1.82) is 0 Å². The van der Waals surface area contributed by atoms with Gasteiger partial charge in [0, 0.05) is 12.4 Å². The molecule has 4 aromatic rings. The third kappa shape index (κ3) is 4.41. The minimum absolute atomic E-state index is 0.0436. The maximum Gasteiger partial charge on any atom is 0.267 e. The standard InChI is InChI=1S/C22H18FN3O2S/c1-15-8-9-18-20(11-15)29-22(25-18)26(13-16-5-4-10-24-12-16)21(27)14-28-19-7-3-2-6-17(19)23/h2-12H,13-14H2,1H3. The Morgan fingerprint density at radius 3 is 2.83 bits per heavy atom. The number of thiazole rings is 1. The smallest absolute Gasteiger partial charge is 0.267 e. The van der Waals surface area contributed by atoms with Crippen molar-refractivity contribution in [2.75, 3.05) is 11.5 Å². The molecule has 2 aromatic heterocycles. The predicted octanol–water partition coefficient (Wildman–Crippen LogP) is 4.75. The number of nitrogens with zero attached hydrogens (tertiary/aromatic N) is 3. The Labute approximate surface area is 171 Å². The molecule has 0 fully saturated rings. The normalized spacial score (nSPS) is 10.8. The number of benzene rings is 2. The highest BCUT2D eigenvalue weighted by Gasteiger charge is 2.21. The molecule has 0 bridgehead atoms. The minimum atomic E-state index is -0.505. The Morgan fingerprint density at radius 2 is 2.03 bits per heavy atom. The second-order valence-electron chi connectivity index (χ2n) is 6.53. The van der Waals surface area contributed by atoms with Crippen LogP contribution in [0.1, 0.15) is 11.1 Å². The van der Waals surface area contributed by atoms with Gasteiger partial charge in [-0.3, -0.25) is 14.7 Å². The van der Waals surface area contributed by atoms with Gasteiger partial charge in [0.1, 0.15) is 0 Å². The lowest BCUT2D eigenvalue weighted by atomic mass is 10.2. The molecule has 0 spiro atoms. The summed E-state index contributed by atoms with van der Waals surface area (Å²) in [5.74, 6) is -0.774. The molecule has 0 aliphatic heterocycles. The van der Waals surface area contributed by atoms with E-state index in [1.807, 2.05) is 37.3 Å². The zero-order valence-electron chi connectivity index (χ0n) is 15.7. The molecule has 0 atom stereocenters. The number of para-hydroxylation sites is 1. The number of halogens is 1. The summed E-state index contributed by atoms with van der Waals surface area (Å²) in [5.41, 5.74) is 2.82. The van der Waals surface area contributed by atoms with E-state index in [1.54, 1.807) is 29.4 Å². The average molecular weight is 407 g/mol. The first kappa shape index (κ1) is 19.0. The van der Waals surface area contributed by atoms with Crippen molar-refractivity contribution < 1.29 is 13.9 Å². The largest absolute Gasteiger partial charge is 0.481 e. The van der Waals surface area contributed by atoms with Gasteiger partial charge in [0.2, 0.25) is 0 Å². The molecule has 2 heterocycles. The van der Waals surface area contributed by atoms with Crippen molar-refractivity contribution in [2.45, 2.75) is 13.5 Å². The molecule has 0 unspecified atom stereocenters. The number of pyridine rings is 1. The van der Waals surface area contributed by atoms with Crippen LogP contribution >= 0.6 is 11.3 Å². The third-order valence-electron chi connectivity index (χ3n) is 4.32. The lowest BCUT2D eigenvalue weighted by molar-refractivity contribution is -0.120. The Morgan fingerprint density at radius 1 is 1.17 bits per heavy atom. The number of aromatic nitrogens is 2. The Hall–Kier alpha value is -3.32. The van der Waals surface area contributed by atoms with Crippen LogP contribution in [-0.4, -0.2) is 22.5 Å². The van der Waals surface area contributed by atoms with Crippen molar-refractivity contribution in [3.05, 3.63) is 83.9 Å². The molecule has 0 aliphatic carbocycles. The zero-order valence-corrected chi connectivity index (χ0v) is 16.5. The van der Waals surface area contributed by atoms with Gasteiger partial charge in [-0.2, -0.15) is 0 Å². The Kier molecular flexibility index (Phi) is 5.48. The van der Waals surface area contributed by atoms with E-state index in [2.05, 4.69) is 9.97 Å². The summed E-state index contributed by atoms with van der Waals surface area (Å²) in [4.78, 5) is 23.3. The van der Waals surface area contributed by atoms with E-state index in [0.29, 0.717) is 11.7 Å². The SMILES string of the molecule is Cc1ccc2nc(N(Cc3cccnc3)C(=O)COc3ccccc3F)sc2c1. The topological polar surface area (TPSA) is 55.3 Å². The van der Waals surface area contributed by atoms with E-state index in [0.717, 1.165) is 21.3 Å². The molecule has 7 heteroatoms. The number of rotatable bonds is 6. The second kappa shape index (κ2) is 8.36. The van der Waals surface area contributed by atoms with E-state index in [1.165, 1.54) is 23.5 Å².